The van der Waals surface area contributed by atoms with Crippen LogP contribution in [-0.4, -0.2) is 38.2 Å². The molecule has 1 aliphatic carbocycles. The van der Waals surface area contributed by atoms with E-state index in [1.54, 1.807) is 7.11 Å². The van der Waals surface area contributed by atoms with Crippen molar-refractivity contribution in [2.24, 2.45) is 0 Å². The first-order valence-electron chi connectivity index (χ1n) is 6.80. The van der Waals surface area contributed by atoms with Gasteiger partial charge in [0.1, 0.15) is 5.75 Å². The van der Waals surface area contributed by atoms with Crippen LogP contribution in [0.5, 0.6) is 5.75 Å². The van der Waals surface area contributed by atoms with Crippen LogP contribution in [0.15, 0.2) is 18.2 Å². The topological polar surface area (TPSA) is 47.6 Å². The van der Waals surface area contributed by atoms with Crippen molar-refractivity contribution in [2.45, 2.75) is 24.8 Å². The monoisotopic (exact) mass is 261 g/mol. The molecule has 19 heavy (non-hydrogen) atoms. The number of aryl methyl sites for hydroxylation is 1. The molecule has 0 radical (unpaired) electrons. The average Bonchev–Trinajstić information content (AvgIpc) is 2.69. The van der Waals surface area contributed by atoms with E-state index in [-0.39, 0.29) is 5.78 Å². The molecule has 1 fully saturated rings. The van der Waals surface area contributed by atoms with Crippen molar-refractivity contribution in [3.63, 3.8) is 0 Å². The van der Waals surface area contributed by atoms with E-state index in [2.05, 4.69) is 5.32 Å². The van der Waals surface area contributed by atoms with Gasteiger partial charge in [0, 0.05) is 18.7 Å². The van der Waals surface area contributed by atoms with Crippen molar-refractivity contribution in [3.05, 3.63) is 29.3 Å². The molecule has 4 nitrogen and oxygen atoms in total. The summed E-state index contributed by atoms with van der Waals surface area (Å²) < 4.78 is 10.7. The number of rotatable bonds is 1. The number of ketones is 1. The molecule has 2 aliphatic rings. The van der Waals surface area contributed by atoms with Gasteiger partial charge in [-0.1, -0.05) is 0 Å². The van der Waals surface area contributed by atoms with E-state index < -0.39 is 5.54 Å². The molecule has 1 aliphatic heterocycles. The van der Waals surface area contributed by atoms with Gasteiger partial charge in [-0.05, 0) is 43.0 Å². The van der Waals surface area contributed by atoms with Gasteiger partial charge in [0.05, 0.1) is 19.3 Å². The molecule has 0 bridgehead atoms. The second-order valence-electron chi connectivity index (χ2n) is 5.22. The molecular weight excluding hydrogens is 242 g/mol. The van der Waals surface area contributed by atoms with Crippen molar-refractivity contribution in [1.82, 2.24) is 5.32 Å². The largest absolute Gasteiger partial charge is 0.497 e. The number of methoxy groups -OCH3 is 1. The fourth-order valence-corrected chi connectivity index (χ4v) is 3.05. The Balaban J connectivity index is 1.95. The maximum atomic E-state index is 12.8. The maximum absolute atomic E-state index is 12.8. The van der Waals surface area contributed by atoms with Gasteiger partial charge < -0.3 is 14.8 Å². The molecule has 1 aromatic carbocycles. The smallest absolute Gasteiger partial charge is 0.183 e. The lowest BCUT2D eigenvalue weighted by atomic mass is 9.75. The highest BCUT2D eigenvalue weighted by atomic mass is 16.5. The number of carbonyl (C=O) groups is 1. The summed E-state index contributed by atoms with van der Waals surface area (Å²) in [5.74, 6) is 1.03. The first kappa shape index (κ1) is 12.6. The molecule has 1 heterocycles. The van der Waals surface area contributed by atoms with E-state index in [9.17, 15) is 4.79 Å². The zero-order chi connectivity index (χ0) is 13.3. The normalized spacial score (nSPS) is 26.9. The summed E-state index contributed by atoms with van der Waals surface area (Å²) in [6, 6.07) is 5.74. The summed E-state index contributed by atoms with van der Waals surface area (Å²) in [4.78, 5) is 12.8. The van der Waals surface area contributed by atoms with E-state index in [1.165, 1.54) is 0 Å². The Labute approximate surface area is 113 Å². The Hall–Kier alpha value is -1.39. The highest BCUT2D eigenvalue weighted by Gasteiger charge is 2.42. The van der Waals surface area contributed by atoms with Gasteiger partial charge in [-0.15, -0.1) is 0 Å². The first-order valence-corrected chi connectivity index (χ1v) is 6.80. The summed E-state index contributed by atoms with van der Waals surface area (Å²) in [6.45, 7) is 2.09. The Bertz CT molecular complexity index is 490. The third kappa shape index (κ3) is 2.15. The van der Waals surface area contributed by atoms with Gasteiger partial charge in [-0.2, -0.15) is 0 Å². The Kier molecular flexibility index (Phi) is 3.29. The second-order valence-corrected chi connectivity index (χ2v) is 5.22. The molecule has 1 unspecified atom stereocenters. The van der Waals surface area contributed by atoms with Crippen LogP contribution in [0.1, 0.15) is 28.8 Å². The van der Waals surface area contributed by atoms with Gasteiger partial charge in [-0.25, -0.2) is 0 Å². The van der Waals surface area contributed by atoms with Crippen LogP contribution >= 0.6 is 0 Å². The zero-order valence-electron chi connectivity index (χ0n) is 11.2. The van der Waals surface area contributed by atoms with Gasteiger partial charge in [-0.3, -0.25) is 4.79 Å². The molecule has 0 aromatic heterocycles. The maximum Gasteiger partial charge on any atom is 0.183 e. The lowest BCUT2D eigenvalue weighted by molar-refractivity contribution is 0.0799. The molecule has 1 aromatic rings. The number of Topliss-reactive ketones (excluding diaryl/α,β-unsaturated/α-hetero) is 1. The number of fused-ring (bicyclic) bond motifs is 1. The molecular formula is C15H19NO3. The molecule has 1 saturated heterocycles. The Morgan fingerprint density at radius 3 is 3.05 bits per heavy atom. The predicted octanol–water partition coefficient (Wildman–Crippen LogP) is 1.57. The first-order chi connectivity index (χ1) is 9.25. The van der Waals surface area contributed by atoms with Crippen LogP contribution in [-0.2, 0) is 11.2 Å². The Morgan fingerprint density at radius 1 is 1.32 bits per heavy atom. The quantitative estimate of drug-likeness (QED) is 0.833. The van der Waals surface area contributed by atoms with Gasteiger partial charge in [0.25, 0.3) is 0 Å². The molecule has 3 rings (SSSR count). The third-order valence-corrected chi connectivity index (χ3v) is 4.20. The summed E-state index contributed by atoms with van der Waals surface area (Å²) in [7, 11) is 1.65. The molecule has 102 valence electrons. The SMILES string of the molecule is COc1ccc2c(c1)CCC1(CCOCCN1)C2=O. The average molecular weight is 261 g/mol. The van der Waals surface area contributed by atoms with Crippen LogP contribution < -0.4 is 10.1 Å². The van der Waals surface area contributed by atoms with Crippen LogP contribution in [0.3, 0.4) is 0 Å². The number of hydrogen-bond acceptors (Lipinski definition) is 4. The summed E-state index contributed by atoms with van der Waals surface area (Å²) >= 11 is 0. The van der Waals surface area contributed by atoms with Crippen LogP contribution in [0.25, 0.3) is 0 Å². The van der Waals surface area contributed by atoms with Crippen molar-refractivity contribution in [1.29, 1.82) is 0 Å². The highest BCUT2D eigenvalue weighted by molar-refractivity contribution is 6.05. The van der Waals surface area contributed by atoms with E-state index >= 15 is 0 Å². The van der Waals surface area contributed by atoms with E-state index in [0.717, 1.165) is 42.7 Å². The van der Waals surface area contributed by atoms with Crippen LogP contribution in [0.4, 0.5) is 0 Å². The summed E-state index contributed by atoms with van der Waals surface area (Å²) in [5, 5.41) is 3.41. The number of benzene rings is 1. The fraction of sp³-hybridized carbons (Fsp3) is 0.533. The molecule has 1 atom stereocenters. The lowest BCUT2D eigenvalue weighted by Crippen LogP contribution is -2.54. The third-order valence-electron chi connectivity index (χ3n) is 4.20. The van der Waals surface area contributed by atoms with E-state index in [4.69, 9.17) is 9.47 Å². The number of ether oxygens (including phenoxy) is 2. The van der Waals surface area contributed by atoms with Crippen molar-refractivity contribution < 1.29 is 14.3 Å². The van der Waals surface area contributed by atoms with Crippen molar-refractivity contribution in [2.75, 3.05) is 26.9 Å². The summed E-state index contributed by atoms with van der Waals surface area (Å²) in [5.41, 5.74) is 1.52. The lowest BCUT2D eigenvalue weighted by Gasteiger charge is -2.36. The van der Waals surface area contributed by atoms with Gasteiger partial charge in [0.15, 0.2) is 5.78 Å². The second kappa shape index (κ2) is 4.94. The van der Waals surface area contributed by atoms with Crippen molar-refractivity contribution in [3.8, 4) is 5.75 Å². The number of hydrogen-bond donors (Lipinski definition) is 1. The van der Waals surface area contributed by atoms with Gasteiger partial charge >= 0.3 is 0 Å². The highest BCUT2D eigenvalue weighted by Crippen LogP contribution is 2.33. The van der Waals surface area contributed by atoms with E-state index in [0.29, 0.717) is 13.2 Å². The summed E-state index contributed by atoms with van der Waals surface area (Å²) in [6.07, 6.45) is 2.51. The number of carbonyl (C=O) groups excluding carboxylic acids is 1. The van der Waals surface area contributed by atoms with Crippen LogP contribution in [0, 0.1) is 0 Å². The minimum Gasteiger partial charge on any atom is -0.497 e. The van der Waals surface area contributed by atoms with E-state index in [1.807, 2.05) is 18.2 Å². The number of nitrogens with one attached hydrogen (secondary N) is 1. The molecule has 1 N–H and O–H groups in total. The minimum atomic E-state index is -0.419. The standard InChI is InChI=1S/C15H19NO3/c1-18-12-2-3-13-11(10-12)4-5-15(14(13)17)6-8-19-9-7-16-15/h2-3,10,16H,4-9H2,1H3. The van der Waals surface area contributed by atoms with Crippen LogP contribution in [0.2, 0.25) is 0 Å². The molecule has 0 saturated carbocycles. The Morgan fingerprint density at radius 2 is 2.21 bits per heavy atom. The minimum absolute atomic E-state index is 0.210. The predicted molar refractivity (Wildman–Crippen MR) is 71.8 cm³/mol. The molecule has 0 amide bonds. The van der Waals surface area contributed by atoms with Gasteiger partial charge in [0.2, 0.25) is 0 Å². The molecule has 1 spiro atoms. The van der Waals surface area contributed by atoms with Crippen molar-refractivity contribution >= 4 is 5.78 Å². The fourth-order valence-electron chi connectivity index (χ4n) is 3.05. The zero-order valence-corrected chi connectivity index (χ0v) is 11.2. The molecule has 4 heteroatoms.